The third kappa shape index (κ3) is 2.87. The molecule has 0 amide bonds. The van der Waals surface area contributed by atoms with E-state index in [0.29, 0.717) is 0 Å². The molecule has 0 aromatic heterocycles. The van der Waals surface area contributed by atoms with Gasteiger partial charge in [-0.25, -0.2) is 8.78 Å². The zero-order valence-corrected chi connectivity index (χ0v) is 7.99. The Morgan fingerprint density at radius 2 is 1.69 bits per heavy atom. The summed E-state index contributed by atoms with van der Waals surface area (Å²) in [6.45, 7) is 5.48. The van der Waals surface area contributed by atoms with Crippen molar-refractivity contribution in [1.29, 1.82) is 0 Å². The summed E-state index contributed by atoms with van der Waals surface area (Å²) < 4.78 is 25.4. The highest BCUT2D eigenvalue weighted by Gasteiger charge is 2.03. The lowest BCUT2D eigenvalue weighted by atomic mass is 10.1. The molecule has 0 spiro atoms. The van der Waals surface area contributed by atoms with Gasteiger partial charge in [-0.1, -0.05) is 19.8 Å². The molecule has 0 bridgehead atoms. The summed E-state index contributed by atoms with van der Waals surface area (Å²) in [6, 6.07) is 2.11. The second kappa shape index (κ2) is 5.31. The zero-order valence-electron chi connectivity index (χ0n) is 7.99. The highest BCUT2D eigenvalue weighted by molar-refractivity contribution is 5.36. The first-order valence-electron chi connectivity index (χ1n) is 4.07. The van der Waals surface area contributed by atoms with E-state index in [0.717, 1.165) is 12.1 Å². The minimum atomic E-state index is -0.550. The van der Waals surface area contributed by atoms with Gasteiger partial charge in [-0.3, -0.25) is 0 Å². The Morgan fingerprint density at radius 3 is 2.15 bits per heavy atom. The van der Waals surface area contributed by atoms with E-state index in [1.807, 2.05) is 19.8 Å². The van der Waals surface area contributed by atoms with Crippen LogP contribution in [0.25, 0.3) is 0 Å². The van der Waals surface area contributed by atoms with Crippen LogP contribution in [0, 0.1) is 30.9 Å². The molecule has 0 aliphatic heterocycles. The van der Waals surface area contributed by atoms with Crippen LogP contribution in [0.5, 0.6) is 0 Å². The summed E-state index contributed by atoms with van der Waals surface area (Å²) in [7, 11) is 0. The lowest BCUT2D eigenvalue weighted by molar-refractivity contribution is 0.590. The predicted molar refractivity (Wildman–Crippen MR) is 50.4 cm³/mol. The first-order chi connectivity index (χ1) is 6.15. The second-order valence-corrected chi connectivity index (χ2v) is 2.23. The molecule has 1 rings (SSSR count). The maximum atomic E-state index is 12.7. The predicted octanol–water partition coefficient (Wildman–Crippen LogP) is 3.28. The first-order valence-corrected chi connectivity index (χ1v) is 4.07. The largest absolute Gasteiger partial charge is 0.207 e. The Kier molecular flexibility index (Phi) is 4.76. The fourth-order valence-electron chi connectivity index (χ4n) is 0.757. The van der Waals surface area contributed by atoms with Crippen molar-refractivity contribution in [3.8, 4) is 12.3 Å². The second-order valence-electron chi connectivity index (χ2n) is 2.23. The van der Waals surface area contributed by atoms with Gasteiger partial charge in [0.15, 0.2) is 0 Å². The van der Waals surface area contributed by atoms with Gasteiger partial charge in [-0.15, -0.1) is 6.42 Å². The number of terminal acetylenes is 1. The molecule has 0 fully saturated rings. The van der Waals surface area contributed by atoms with E-state index in [1.54, 1.807) is 0 Å². The monoisotopic (exact) mass is 182 g/mol. The van der Waals surface area contributed by atoms with E-state index >= 15 is 0 Å². The Morgan fingerprint density at radius 1 is 1.15 bits per heavy atom. The standard InChI is InChI=1S/C9H6F2.C2H6/c1-3-7-5-8(10)6(2)4-9(7)11;1-2/h1,4-5H,2H3;1-2H3. The Bertz CT molecular complexity index is 322. The fourth-order valence-corrected chi connectivity index (χ4v) is 0.757. The van der Waals surface area contributed by atoms with Crippen LogP contribution in [-0.2, 0) is 0 Å². The number of hydrogen-bond acceptors (Lipinski definition) is 0. The van der Waals surface area contributed by atoms with Crippen molar-refractivity contribution in [2.75, 3.05) is 0 Å². The number of halogens is 2. The zero-order chi connectivity index (χ0) is 10.4. The van der Waals surface area contributed by atoms with E-state index < -0.39 is 11.6 Å². The molecular formula is C11H12F2. The van der Waals surface area contributed by atoms with E-state index in [9.17, 15) is 8.78 Å². The smallest absolute Gasteiger partial charge is 0.139 e. The summed E-state index contributed by atoms with van der Waals surface area (Å²) in [5.74, 6) is 1.03. The van der Waals surface area contributed by atoms with Gasteiger partial charge in [0.05, 0.1) is 5.56 Å². The summed E-state index contributed by atoms with van der Waals surface area (Å²) in [5.41, 5.74) is 0.231. The molecule has 1 aromatic carbocycles. The van der Waals surface area contributed by atoms with E-state index in [-0.39, 0.29) is 11.1 Å². The van der Waals surface area contributed by atoms with Crippen molar-refractivity contribution in [2.45, 2.75) is 20.8 Å². The Balaban J connectivity index is 0.000000671. The molecular weight excluding hydrogens is 170 g/mol. The third-order valence-electron chi connectivity index (χ3n) is 1.40. The van der Waals surface area contributed by atoms with Crippen LogP contribution in [0.4, 0.5) is 8.78 Å². The average Bonchev–Trinajstić information content (AvgIpc) is 2.15. The summed E-state index contributed by atoms with van der Waals surface area (Å²) in [5, 5.41) is 0. The van der Waals surface area contributed by atoms with E-state index in [1.165, 1.54) is 6.92 Å². The maximum Gasteiger partial charge on any atom is 0.139 e. The third-order valence-corrected chi connectivity index (χ3v) is 1.40. The fraction of sp³-hybridized carbons (Fsp3) is 0.273. The number of aryl methyl sites for hydroxylation is 1. The van der Waals surface area contributed by atoms with Gasteiger partial charge in [0.2, 0.25) is 0 Å². The molecule has 70 valence electrons. The SMILES string of the molecule is C#Cc1cc(F)c(C)cc1F.CC. The van der Waals surface area contributed by atoms with Gasteiger partial charge in [-0.05, 0) is 24.6 Å². The number of hydrogen-bond donors (Lipinski definition) is 0. The lowest BCUT2D eigenvalue weighted by Gasteiger charge is -1.97. The maximum absolute atomic E-state index is 12.7. The topological polar surface area (TPSA) is 0 Å². The van der Waals surface area contributed by atoms with Gasteiger partial charge in [-0.2, -0.15) is 0 Å². The molecule has 0 heterocycles. The molecule has 0 unspecified atom stereocenters. The molecule has 0 N–H and O–H groups in total. The minimum absolute atomic E-state index is 0.0342. The van der Waals surface area contributed by atoms with Gasteiger partial charge in [0.25, 0.3) is 0 Å². The van der Waals surface area contributed by atoms with Crippen LogP contribution < -0.4 is 0 Å². The van der Waals surface area contributed by atoms with Crippen molar-refractivity contribution >= 4 is 0 Å². The Hall–Kier alpha value is -1.36. The summed E-state index contributed by atoms with van der Waals surface area (Å²) >= 11 is 0. The van der Waals surface area contributed by atoms with Crippen molar-refractivity contribution in [2.24, 2.45) is 0 Å². The van der Waals surface area contributed by atoms with Gasteiger partial charge in [0, 0.05) is 0 Å². The van der Waals surface area contributed by atoms with Crippen LogP contribution in [-0.4, -0.2) is 0 Å². The van der Waals surface area contributed by atoms with E-state index in [4.69, 9.17) is 6.42 Å². The summed E-state index contributed by atoms with van der Waals surface area (Å²) in [6.07, 6.45) is 4.91. The number of rotatable bonds is 0. The molecule has 0 radical (unpaired) electrons. The Labute approximate surface area is 77.6 Å². The lowest BCUT2D eigenvalue weighted by Crippen LogP contribution is -1.89. The van der Waals surface area contributed by atoms with Crippen LogP contribution in [0.15, 0.2) is 12.1 Å². The molecule has 1 aromatic rings. The van der Waals surface area contributed by atoms with Crippen LogP contribution in [0.2, 0.25) is 0 Å². The minimum Gasteiger partial charge on any atom is -0.207 e. The molecule has 0 aliphatic carbocycles. The van der Waals surface area contributed by atoms with Gasteiger partial charge >= 0.3 is 0 Å². The van der Waals surface area contributed by atoms with Gasteiger partial charge in [0.1, 0.15) is 11.6 Å². The molecule has 0 saturated carbocycles. The average molecular weight is 182 g/mol. The molecule has 13 heavy (non-hydrogen) atoms. The molecule has 0 aliphatic rings. The van der Waals surface area contributed by atoms with Crippen LogP contribution >= 0.6 is 0 Å². The molecule has 0 nitrogen and oxygen atoms in total. The quantitative estimate of drug-likeness (QED) is 0.540. The first kappa shape index (κ1) is 11.6. The highest BCUT2D eigenvalue weighted by Crippen LogP contribution is 2.12. The van der Waals surface area contributed by atoms with Crippen molar-refractivity contribution in [3.63, 3.8) is 0 Å². The highest BCUT2D eigenvalue weighted by atomic mass is 19.1. The van der Waals surface area contributed by atoms with Crippen molar-refractivity contribution in [3.05, 3.63) is 34.9 Å². The van der Waals surface area contributed by atoms with Crippen LogP contribution in [0.3, 0.4) is 0 Å². The molecule has 0 saturated heterocycles. The normalized spacial score (nSPS) is 8.31. The summed E-state index contributed by atoms with van der Waals surface area (Å²) in [4.78, 5) is 0. The molecule has 2 heteroatoms. The van der Waals surface area contributed by atoms with Crippen LogP contribution in [0.1, 0.15) is 25.0 Å². The van der Waals surface area contributed by atoms with Crippen molar-refractivity contribution in [1.82, 2.24) is 0 Å². The van der Waals surface area contributed by atoms with E-state index in [2.05, 4.69) is 0 Å². The van der Waals surface area contributed by atoms with Gasteiger partial charge < -0.3 is 0 Å². The van der Waals surface area contributed by atoms with Crippen molar-refractivity contribution < 1.29 is 8.78 Å². The molecule has 0 atom stereocenters. The number of benzene rings is 1.